The van der Waals surface area contributed by atoms with Crippen molar-refractivity contribution in [3.63, 3.8) is 0 Å². The second-order valence-electron chi connectivity index (χ2n) is 9.34. The van der Waals surface area contributed by atoms with E-state index in [1.54, 1.807) is 24.3 Å². The molecule has 0 aliphatic carbocycles. The Morgan fingerprint density at radius 1 is 1.13 bits per heavy atom. The van der Waals surface area contributed by atoms with Crippen LogP contribution in [-0.2, 0) is 10.0 Å². The van der Waals surface area contributed by atoms with Crippen molar-refractivity contribution in [1.29, 1.82) is 0 Å². The summed E-state index contributed by atoms with van der Waals surface area (Å²) in [5.41, 5.74) is 1.97. The molecule has 0 bridgehead atoms. The molecule has 0 spiro atoms. The van der Waals surface area contributed by atoms with Crippen molar-refractivity contribution >= 4 is 38.1 Å². The van der Waals surface area contributed by atoms with Gasteiger partial charge in [-0.15, -0.1) is 11.3 Å². The third kappa shape index (κ3) is 5.73. The predicted molar refractivity (Wildman–Crippen MR) is 144 cm³/mol. The molecule has 0 saturated carbocycles. The topological polar surface area (TPSA) is 114 Å². The number of thiophene rings is 1. The lowest BCUT2D eigenvalue weighted by molar-refractivity contribution is -0.0489. The van der Waals surface area contributed by atoms with Crippen LogP contribution in [0.15, 0.2) is 45.4 Å². The zero-order chi connectivity index (χ0) is 27.7. The largest absolute Gasteiger partial charge is 0.432 e. The number of hydrogen-bond donors (Lipinski definition) is 1. The zero-order valence-corrected chi connectivity index (χ0v) is 23.2. The SMILES string of the molecule is Cc1noc(-c2ccc(S(=O)(=O)N3CCN(C[C@H](C)Nc4ncnc5c(OC(F)F)cccc45)CC3)s2)c1C. The first-order valence-corrected chi connectivity index (χ1v) is 14.6. The average molecular weight is 579 g/mol. The molecule has 1 saturated heterocycles. The molecular formula is C25H28F2N6O4S2. The van der Waals surface area contributed by atoms with E-state index in [1.165, 1.54) is 28.0 Å². The van der Waals surface area contributed by atoms with Crippen LogP contribution in [0, 0.1) is 13.8 Å². The third-order valence-electron chi connectivity index (χ3n) is 6.65. The minimum Gasteiger partial charge on any atom is -0.432 e. The van der Waals surface area contributed by atoms with E-state index in [2.05, 4.69) is 30.1 Å². The Morgan fingerprint density at radius 2 is 1.90 bits per heavy atom. The van der Waals surface area contributed by atoms with Gasteiger partial charge in [-0.05, 0) is 45.0 Å². The third-order valence-corrected chi connectivity index (χ3v) is 10.1. The number of nitrogens with one attached hydrogen (secondary N) is 1. The Kier molecular flexibility index (Phi) is 7.80. The summed E-state index contributed by atoms with van der Waals surface area (Å²) in [6, 6.07) is 8.12. The van der Waals surface area contributed by atoms with E-state index in [1.807, 2.05) is 20.8 Å². The maximum Gasteiger partial charge on any atom is 0.387 e. The Labute approximate surface area is 228 Å². The number of benzene rings is 1. The van der Waals surface area contributed by atoms with Crippen LogP contribution in [0.3, 0.4) is 0 Å². The number of fused-ring (bicyclic) bond motifs is 1. The molecule has 5 rings (SSSR count). The number of piperazine rings is 1. The van der Waals surface area contributed by atoms with Crippen LogP contribution in [0.1, 0.15) is 18.2 Å². The lowest BCUT2D eigenvalue weighted by Gasteiger charge is -2.35. The molecule has 14 heteroatoms. The fourth-order valence-corrected chi connectivity index (χ4v) is 7.46. The van der Waals surface area contributed by atoms with Gasteiger partial charge in [0, 0.05) is 49.7 Å². The molecule has 10 nitrogen and oxygen atoms in total. The number of aromatic nitrogens is 3. The monoisotopic (exact) mass is 578 g/mol. The molecule has 3 aromatic heterocycles. The standard InChI is InChI=1S/C25H28F2N6O4S2/c1-15(30-24-18-5-4-6-19(36-25(26)27)22(18)28-14-29-24)13-32-9-11-33(12-10-32)39(34,35)21-8-7-20(38-21)23-16(2)17(3)31-37-23/h4-8,14-15,25H,9-13H2,1-3H3,(H,28,29,30)/t15-/m0/s1. The number of halogens is 2. The van der Waals surface area contributed by atoms with Gasteiger partial charge in [-0.2, -0.15) is 13.1 Å². The summed E-state index contributed by atoms with van der Waals surface area (Å²) >= 11 is 1.18. The molecule has 1 aromatic carbocycles. The number of para-hydroxylation sites is 1. The second-order valence-corrected chi connectivity index (χ2v) is 12.6. The van der Waals surface area contributed by atoms with E-state index >= 15 is 0 Å². The van der Waals surface area contributed by atoms with Gasteiger partial charge in [0.15, 0.2) is 11.5 Å². The second kappa shape index (κ2) is 11.1. The number of alkyl halides is 2. The van der Waals surface area contributed by atoms with Gasteiger partial charge < -0.3 is 14.6 Å². The molecule has 208 valence electrons. The van der Waals surface area contributed by atoms with Gasteiger partial charge in [0.25, 0.3) is 10.0 Å². The molecule has 1 aliphatic rings. The summed E-state index contributed by atoms with van der Waals surface area (Å²) in [5, 5.41) is 7.86. The molecule has 4 heterocycles. The summed E-state index contributed by atoms with van der Waals surface area (Å²) in [6.07, 6.45) is 1.31. The maximum atomic E-state index is 13.3. The maximum absolute atomic E-state index is 13.3. The smallest absolute Gasteiger partial charge is 0.387 e. The Hall–Kier alpha value is -3.20. The van der Waals surface area contributed by atoms with Gasteiger partial charge in [0.05, 0.1) is 10.6 Å². The first kappa shape index (κ1) is 27.4. The molecule has 0 amide bonds. The molecular weight excluding hydrogens is 550 g/mol. The number of aryl methyl sites for hydroxylation is 1. The van der Waals surface area contributed by atoms with Crippen LogP contribution in [-0.4, -0.2) is 78.1 Å². The number of sulfonamides is 1. The lowest BCUT2D eigenvalue weighted by atomic mass is 10.2. The van der Waals surface area contributed by atoms with Gasteiger partial charge in [0.1, 0.15) is 21.9 Å². The van der Waals surface area contributed by atoms with Crippen molar-refractivity contribution in [1.82, 2.24) is 24.3 Å². The highest BCUT2D eigenvalue weighted by Crippen LogP contribution is 2.35. The molecule has 4 aromatic rings. The van der Waals surface area contributed by atoms with Crippen LogP contribution in [0.5, 0.6) is 5.75 Å². The number of anilines is 1. The molecule has 1 aliphatic heterocycles. The molecule has 1 atom stereocenters. The lowest BCUT2D eigenvalue weighted by Crippen LogP contribution is -2.50. The van der Waals surface area contributed by atoms with Crippen LogP contribution in [0.25, 0.3) is 21.5 Å². The van der Waals surface area contributed by atoms with Gasteiger partial charge in [-0.25, -0.2) is 18.4 Å². The molecule has 0 unspecified atom stereocenters. The van der Waals surface area contributed by atoms with E-state index < -0.39 is 16.6 Å². The summed E-state index contributed by atoms with van der Waals surface area (Å²) in [5.74, 6) is 1.10. The predicted octanol–water partition coefficient (Wildman–Crippen LogP) is 4.37. The average Bonchev–Trinajstić information content (AvgIpc) is 3.52. The highest BCUT2D eigenvalue weighted by Gasteiger charge is 2.31. The van der Waals surface area contributed by atoms with Crippen LogP contribution in [0.2, 0.25) is 0 Å². The van der Waals surface area contributed by atoms with Crippen LogP contribution < -0.4 is 10.1 Å². The van der Waals surface area contributed by atoms with E-state index in [9.17, 15) is 17.2 Å². The first-order chi connectivity index (χ1) is 18.6. The highest BCUT2D eigenvalue weighted by atomic mass is 32.2. The normalized spacial score (nSPS) is 16.2. The van der Waals surface area contributed by atoms with Crippen molar-refractivity contribution < 1.29 is 26.5 Å². The minimum atomic E-state index is -3.63. The fraction of sp³-hybridized carbons (Fsp3) is 0.400. The Bertz CT molecular complexity index is 1570. The van der Waals surface area contributed by atoms with E-state index in [0.29, 0.717) is 55.2 Å². The van der Waals surface area contributed by atoms with Crippen molar-refractivity contribution in [3.05, 3.63) is 47.9 Å². The quantitative estimate of drug-likeness (QED) is 0.309. The first-order valence-electron chi connectivity index (χ1n) is 12.3. The van der Waals surface area contributed by atoms with Crippen LogP contribution in [0.4, 0.5) is 14.6 Å². The van der Waals surface area contributed by atoms with Crippen LogP contribution >= 0.6 is 11.3 Å². The van der Waals surface area contributed by atoms with Crippen molar-refractivity contribution in [2.24, 2.45) is 0 Å². The van der Waals surface area contributed by atoms with Gasteiger partial charge in [-0.1, -0.05) is 11.2 Å². The number of rotatable bonds is 9. The van der Waals surface area contributed by atoms with Crippen molar-refractivity contribution in [2.75, 3.05) is 38.0 Å². The highest BCUT2D eigenvalue weighted by molar-refractivity contribution is 7.91. The van der Waals surface area contributed by atoms with Crippen molar-refractivity contribution in [3.8, 4) is 16.4 Å². The molecule has 0 radical (unpaired) electrons. The number of nitrogens with zero attached hydrogens (tertiary/aromatic N) is 5. The number of hydrogen-bond acceptors (Lipinski definition) is 10. The minimum absolute atomic E-state index is 0.0122. The Morgan fingerprint density at radius 3 is 2.59 bits per heavy atom. The summed E-state index contributed by atoms with van der Waals surface area (Å²) in [7, 11) is -3.63. The van der Waals surface area contributed by atoms with Gasteiger partial charge in [0.2, 0.25) is 0 Å². The molecule has 1 fully saturated rings. The summed E-state index contributed by atoms with van der Waals surface area (Å²) in [6.45, 7) is 5.29. The van der Waals surface area contributed by atoms with Crippen molar-refractivity contribution in [2.45, 2.75) is 37.6 Å². The molecule has 1 N–H and O–H groups in total. The van der Waals surface area contributed by atoms with E-state index in [4.69, 9.17) is 4.52 Å². The van der Waals surface area contributed by atoms with E-state index in [-0.39, 0.29) is 16.0 Å². The summed E-state index contributed by atoms with van der Waals surface area (Å²) < 4.78 is 63.9. The zero-order valence-electron chi connectivity index (χ0n) is 21.6. The molecule has 39 heavy (non-hydrogen) atoms. The van der Waals surface area contributed by atoms with Gasteiger partial charge >= 0.3 is 6.61 Å². The fourth-order valence-electron chi connectivity index (χ4n) is 4.54. The van der Waals surface area contributed by atoms with Gasteiger partial charge in [-0.3, -0.25) is 4.90 Å². The number of ether oxygens (including phenoxy) is 1. The Balaban J connectivity index is 1.20. The van der Waals surface area contributed by atoms with E-state index in [0.717, 1.165) is 16.1 Å². The summed E-state index contributed by atoms with van der Waals surface area (Å²) in [4.78, 5) is 11.3.